The highest BCUT2D eigenvalue weighted by Crippen LogP contribution is 2.25. The molecule has 0 bridgehead atoms. The second-order valence-electron chi connectivity index (χ2n) is 6.62. The molecule has 0 aliphatic heterocycles. The van der Waals surface area contributed by atoms with Crippen molar-refractivity contribution < 1.29 is 0 Å². The van der Waals surface area contributed by atoms with E-state index < -0.39 is 0 Å². The van der Waals surface area contributed by atoms with Crippen LogP contribution in [-0.2, 0) is 11.8 Å². The van der Waals surface area contributed by atoms with Crippen molar-refractivity contribution in [2.24, 2.45) is 5.84 Å². The molecule has 112 valence electrons. The van der Waals surface area contributed by atoms with Crippen molar-refractivity contribution >= 4 is 0 Å². The summed E-state index contributed by atoms with van der Waals surface area (Å²) in [6, 6.07) is 19.5. The van der Waals surface area contributed by atoms with Crippen molar-refractivity contribution in [1.29, 1.82) is 0 Å². The maximum absolute atomic E-state index is 5.74. The fraction of sp³-hybridized carbons (Fsp3) is 0.368. The van der Waals surface area contributed by atoms with Crippen molar-refractivity contribution in [3.63, 3.8) is 0 Å². The number of rotatable bonds is 5. The maximum Gasteiger partial charge on any atom is 0.0463 e. The molecular formula is C19H26N2. The zero-order chi connectivity index (χ0) is 15.3. The molecule has 1 unspecified atom stereocenters. The number of benzene rings is 2. The fourth-order valence-corrected chi connectivity index (χ4v) is 2.52. The van der Waals surface area contributed by atoms with E-state index in [2.05, 4.69) is 74.7 Å². The fourth-order valence-electron chi connectivity index (χ4n) is 2.52. The molecule has 0 radical (unpaired) electrons. The summed E-state index contributed by atoms with van der Waals surface area (Å²) in [5.74, 6) is 5.74. The first-order chi connectivity index (χ1) is 10.0. The zero-order valence-electron chi connectivity index (χ0n) is 13.3. The van der Waals surface area contributed by atoms with Crippen LogP contribution in [0.25, 0.3) is 0 Å². The molecule has 0 spiro atoms. The first kappa shape index (κ1) is 15.7. The molecule has 2 nitrogen and oxygen atoms in total. The van der Waals surface area contributed by atoms with Gasteiger partial charge in [-0.2, -0.15) is 0 Å². The standard InChI is InChI=1S/C19H26N2/c1-19(2,3)17-12-10-16(11-13-17)18(21-20)14-9-15-7-5-4-6-8-15/h4-8,10-13,18,21H,9,14,20H2,1-3H3. The Morgan fingerprint density at radius 2 is 1.57 bits per heavy atom. The van der Waals surface area contributed by atoms with Gasteiger partial charge in [-0.1, -0.05) is 75.4 Å². The first-order valence-corrected chi connectivity index (χ1v) is 7.61. The van der Waals surface area contributed by atoms with Gasteiger partial charge in [0, 0.05) is 6.04 Å². The van der Waals surface area contributed by atoms with E-state index in [9.17, 15) is 0 Å². The van der Waals surface area contributed by atoms with Crippen LogP contribution in [0.5, 0.6) is 0 Å². The number of nitrogens with one attached hydrogen (secondary N) is 1. The minimum Gasteiger partial charge on any atom is -0.271 e. The molecule has 0 saturated heterocycles. The van der Waals surface area contributed by atoms with E-state index in [1.807, 2.05) is 6.07 Å². The Morgan fingerprint density at radius 1 is 0.952 bits per heavy atom. The van der Waals surface area contributed by atoms with Crippen molar-refractivity contribution in [2.75, 3.05) is 0 Å². The second kappa shape index (κ2) is 6.88. The van der Waals surface area contributed by atoms with Crippen LogP contribution in [0.2, 0.25) is 0 Å². The van der Waals surface area contributed by atoms with Gasteiger partial charge in [0.05, 0.1) is 0 Å². The van der Waals surface area contributed by atoms with Gasteiger partial charge >= 0.3 is 0 Å². The summed E-state index contributed by atoms with van der Waals surface area (Å²) in [5.41, 5.74) is 7.09. The third-order valence-electron chi connectivity index (χ3n) is 3.94. The van der Waals surface area contributed by atoms with Gasteiger partial charge in [0.15, 0.2) is 0 Å². The predicted molar refractivity (Wildman–Crippen MR) is 90.0 cm³/mol. The number of nitrogens with two attached hydrogens (primary N) is 1. The second-order valence-corrected chi connectivity index (χ2v) is 6.62. The van der Waals surface area contributed by atoms with Crippen molar-refractivity contribution in [3.05, 3.63) is 71.3 Å². The van der Waals surface area contributed by atoms with E-state index in [0.717, 1.165) is 12.8 Å². The van der Waals surface area contributed by atoms with Gasteiger partial charge in [0.2, 0.25) is 0 Å². The van der Waals surface area contributed by atoms with Crippen molar-refractivity contribution in [1.82, 2.24) is 5.43 Å². The molecule has 21 heavy (non-hydrogen) atoms. The smallest absolute Gasteiger partial charge is 0.0463 e. The summed E-state index contributed by atoms with van der Waals surface area (Å²) in [6.07, 6.45) is 2.02. The molecule has 0 aliphatic carbocycles. The van der Waals surface area contributed by atoms with Gasteiger partial charge in [-0.15, -0.1) is 0 Å². The van der Waals surface area contributed by atoms with Gasteiger partial charge in [-0.25, -0.2) is 0 Å². The Labute approximate surface area is 128 Å². The van der Waals surface area contributed by atoms with Gasteiger partial charge in [-0.05, 0) is 34.9 Å². The monoisotopic (exact) mass is 282 g/mol. The molecule has 2 heteroatoms. The van der Waals surface area contributed by atoms with Crippen LogP contribution < -0.4 is 11.3 Å². The summed E-state index contributed by atoms with van der Waals surface area (Å²) < 4.78 is 0. The van der Waals surface area contributed by atoms with Crippen LogP contribution in [0.15, 0.2) is 54.6 Å². The topological polar surface area (TPSA) is 38.0 Å². The summed E-state index contributed by atoms with van der Waals surface area (Å²) in [4.78, 5) is 0. The highest BCUT2D eigenvalue weighted by atomic mass is 15.2. The lowest BCUT2D eigenvalue weighted by Gasteiger charge is -2.21. The summed E-state index contributed by atoms with van der Waals surface area (Å²) >= 11 is 0. The summed E-state index contributed by atoms with van der Waals surface area (Å²) in [7, 11) is 0. The highest BCUT2D eigenvalue weighted by Gasteiger charge is 2.15. The van der Waals surface area contributed by atoms with E-state index in [1.165, 1.54) is 16.7 Å². The minimum absolute atomic E-state index is 0.189. The number of hydrogen-bond acceptors (Lipinski definition) is 2. The lowest BCUT2D eigenvalue weighted by atomic mass is 9.86. The minimum atomic E-state index is 0.189. The third-order valence-corrected chi connectivity index (χ3v) is 3.94. The molecule has 0 saturated carbocycles. The van der Waals surface area contributed by atoms with Gasteiger partial charge < -0.3 is 0 Å². The van der Waals surface area contributed by atoms with E-state index in [4.69, 9.17) is 5.84 Å². The third kappa shape index (κ3) is 4.42. The summed E-state index contributed by atoms with van der Waals surface area (Å²) in [6.45, 7) is 6.70. The molecular weight excluding hydrogens is 256 g/mol. The normalized spacial score (nSPS) is 13.1. The van der Waals surface area contributed by atoms with Gasteiger partial charge in [0.1, 0.15) is 0 Å². The number of aryl methyl sites for hydroxylation is 1. The van der Waals surface area contributed by atoms with E-state index in [0.29, 0.717) is 0 Å². The Hall–Kier alpha value is -1.64. The molecule has 0 amide bonds. The molecule has 0 aromatic heterocycles. The van der Waals surface area contributed by atoms with Crippen LogP contribution in [0.1, 0.15) is 49.9 Å². The van der Waals surface area contributed by atoms with Gasteiger partial charge in [0.25, 0.3) is 0 Å². The van der Waals surface area contributed by atoms with E-state index in [1.54, 1.807) is 0 Å². The largest absolute Gasteiger partial charge is 0.271 e. The zero-order valence-corrected chi connectivity index (χ0v) is 13.3. The molecule has 2 aromatic carbocycles. The molecule has 3 N–H and O–H groups in total. The van der Waals surface area contributed by atoms with Crippen LogP contribution in [-0.4, -0.2) is 0 Å². The molecule has 0 fully saturated rings. The molecule has 1 atom stereocenters. The predicted octanol–water partition coefficient (Wildman–Crippen LogP) is 4.12. The molecule has 2 aromatic rings. The Balaban J connectivity index is 2.04. The van der Waals surface area contributed by atoms with Gasteiger partial charge in [-0.3, -0.25) is 11.3 Å². The molecule has 2 rings (SSSR count). The van der Waals surface area contributed by atoms with Crippen molar-refractivity contribution in [2.45, 2.75) is 45.1 Å². The quantitative estimate of drug-likeness (QED) is 0.639. The lowest BCUT2D eigenvalue weighted by Crippen LogP contribution is -2.28. The molecule has 0 aliphatic rings. The average molecular weight is 282 g/mol. The Bertz CT molecular complexity index is 538. The van der Waals surface area contributed by atoms with Crippen LogP contribution in [0, 0.1) is 0 Å². The van der Waals surface area contributed by atoms with Crippen LogP contribution >= 0.6 is 0 Å². The number of hydrazine groups is 1. The Kier molecular flexibility index (Phi) is 5.16. The SMILES string of the molecule is CC(C)(C)c1ccc(C(CCc2ccccc2)NN)cc1. The maximum atomic E-state index is 5.74. The summed E-state index contributed by atoms with van der Waals surface area (Å²) in [5, 5.41) is 0. The van der Waals surface area contributed by atoms with E-state index in [-0.39, 0.29) is 11.5 Å². The average Bonchev–Trinajstić information content (AvgIpc) is 2.48. The Morgan fingerprint density at radius 3 is 2.10 bits per heavy atom. The first-order valence-electron chi connectivity index (χ1n) is 7.61. The van der Waals surface area contributed by atoms with E-state index >= 15 is 0 Å². The lowest BCUT2D eigenvalue weighted by molar-refractivity contribution is 0.515. The van der Waals surface area contributed by atoms with Crippen molar-refractivity contribution in [3.8, 4) is 0 Å². The molecule has 0 heterocycles. The highest BCUT2D eigenvalue weighted by molar-refractivity contribution is 5.29. The van der Waals surface area contributed by atoms with Crippen LogP contribution in [0.4, 0.5) is 0 Å². The number of hydrogen-bond donors (Lipinski definition) is 2. The van der Waals surface area contributed by atoms with Crippen LogP contribution in [0.3, 0.4) is 0 Å².